The van der Waals surface area contributed by atoms with Crippen LogP contribution >= 0.6 is 24.0 Å². The summed E-state index contributed by atoms with van der Waals surface area (Å²) in [6.45, 7) is 5.76. The lowest BCUT2D eigenvalue weighted by Gasteiger charge is -2.38. The summed E-state index contributed by atoms with van der Waals surface area (Å²) in [5, 5.41) is 0. The smallest absolute Gasteiger partial charge is 0.0719 e. The number of hydrogen-bond donors (Lipinski definition) is 0. The number of benzene rings is 1. The molecule has 1 nitrogen and oxygen atoms in total. The van der Waals surface area contributed by atoms with Crippen LogP contribution in [0.4, 0.5) is 0 Å². The summed E-state index contributed by atoms with van der Waals surface area (Å²) in [6.07, 6.45) is 4.73. The topological polar surface area (TPSA) is 3.24 Å². The maximum absolute atomic E-state index is 6.77. The van der Waals surface area contributed by atoms with Gasteiger partial charge in [-0.3, -0.25) is 0 Å². The molecule has 1 heterocycles. The van der Waals surface area contributed by atoms with Gasteiger partial charge in [0.05, 0.1) is 4.87 Å². The van der Waals surface area contributed by atoms with E-state index >= 15 is 0 Å². The first-order valence-corrected chi connectivity index (χ1v) is 7.09. The third kappa shape index (κ3) is 3.88. The largest absolute Gasteiger partial charge is 0.303 e. The number of hydrogen-bond acceptors (Lipinski definition) is 1. The van der Waals surface area contributed by atoms with Gasteiger partial charge in [0.15, 0.2) is 0 Å². The Labute approximate surface area is 122 Å². The van der Waals surface area contributed by atoms with Crippen LogP contribution in [-0.4, -0.2) is 24.5 Å². The van der Waals surface area contributed by atoms with Gasteiger partial charge in [0, 0.05) is 13.1 Å². The SMILES string of the molecule is CCCCN1CCC(Cl)(c2ccccc2)CC1.Cl. The van der Waals surface area contributed by atoms with Crippen LogP contribution in [0.15, 0.2) is 30.3 Å². The fraction of sp³-hybridized carbons (Fsp3) is 0.600. The quantitative estimate of drug-likeness (QED) is 0.740. The minimum atomic E-state index is -0.121. The van der Waals surface area contributed by atoms with Gasteiger partial charge in [-0.1, -0.05) is 43.7 Å². The molecule has 1 aromatic rings. The second kappa shape index (κ2) is 7.37. The molecule has 102 valence electrons. The first kappa shape index (κ1) is 15.8. The Balaban J connectivity index is 0.00000162. The third-order valence-corrected chi connectivity index (χ3v) is 4.36. The second-order valence-corrected chi connectivity index (χ2v) is 5.75. The molecule has 0 spiro atoms. The molecule has 1 aliphatic heterocycles. The van der Waals surface area contributed by atoms with Crippen molar-refractivity contribution in [2.24, 2.45) is 0 Å². The fourth-order valence-corrected chi connectivity index (χ4v) is 2.83. The molecule has 0 saturated carbocycles. The van der Waals surface area contributed by atoms with Crippen molar-refractivity contribution in [2.75, 3.05) is 19.6 Å². The van der Waals surface area contributed by atoms with Crippen molar-refractivity contribution in [1.82, 2.24) is 4.90 Å². The Hall–Kier alpha value is -0.240. The lowest BCUT2D eigenvalue weighted by molar-refractivity contribution is 0.195. The first-order valence-electron chi connectivity index (χ1n) is 6.71. The predicted octanol–water partition coefficient (Wildman–Crippen LogP) is 4.44. The van der Waals surface area contributed by atoms with Crippen molar-refractivity contribution in [3.8, 4) is 0 Å². The Morgan fingerprint density at radius 1 is 1.17 bits per heavy atom. The van der Waals surface area contributed by atoms with Gasteiger partial charge in [-0.2, -0.15) is 0 Å². The number of rotatable bonds is 4. The van der Waals surface area contributed by atoms with Crippen molar-refractivity contribution in [1.29, 1.82) is 0 Å². The average Bonchev–Trinajstić information content (AvgIpc) is 2.39. The molecule has 0 amide bonds. The summed E-state index contributed by atoms with van der Waals surface area (Å²) >= 11 is 6.77. The van der Waals surface area contributed by atoms with E-state index in [0.29, 0.717) is 0 Å². The van der Waals surface area contributed by atoms with Crippen LogP contribution in [0.3, 0.4) is 0 Å². The van der Waals surface area contributed by atoms with Crippen LogP contribution in [-0.2, 0) is 4.87 Å². The highest BCUT2D eigenvalue weighted by Gasteiger charge is 2.33. The van der Waals surface area contributed by atoms with Crippen molar-refractivity contribution in [3.05, 3.63) is 35.9 Å². The second-order valence-electron chi connectivity index (χ2n) is 5.03. The molecule has 1 aliphatic rings. The number of piperidine rings is 1. The fourth-order valence-electron chi connectivity index (χ4n) is 2.54. The standard InChI is InChI=1S/C15H22ClN.ClH/c1-2-3-11-17-12-9-15(16,10-13-17)14-7-5-4-6-8-14;/h4-8H,2-3,9-13H2,1H3;1H. The predicted molar refractivity (Wildman–Crippen MR) is 81.8 cm³/mol. The van der Waals surface area contributed by atoms with Crippen molar-refractivity contribution in [2.45, 2.75) is 37.5 Å². The van der Waals surface area contributed by atoms with Crippen molar-refractivity contribution < 1.29 is 0 Å². The molecule has 3 heteroatoms. The lowest BCUT2D eigenvalue weighted by atomic mass is 9.88. The Morgan fingerprint density at radius 3 is 2.33 bits per heavy atom. The normalized spacial score (nSPS) is 19.2. The summed E-state index contributed by atoms with van der Waals surface area (Å²) in [4.78, 5) is 2.43. The van der Waals surface area contributed by atoms with E-state index in [-0.39, 0.29) is 17.3 Å². The van der Waals surface area contributed by atoms with Gasteiger partial charge in [0.25, 0.3) is 0 Å². The maximum atomic E-state index is 6.77. The molecule has 1 aromatic carbocycles. The Bertz CT molecular complexity index is 332. The highest BCUT2D eigenvalue weighted by molar-refractivity contribution is 6.24. The molecule has 18 heavy (non-hydrogen) atoms. The molecule has 0 atom stereocenters. The van der Waals surface area contributed by atoms with E-state index in [1.54, 1.807) is 0 Å². The van der Waals surface area contributed by atoms with Gasteiger partial charge in [-0.15, -0.1) is 24.0 Å². The molecular formula is C15H23Cl2N. The summed E-state index contributed by atoms with van der Waals surface area (Å²) in [6, 6.07) is 10.6. The van der Waals surface area contributed by atoms with Crippen molar-refractivity contribution in [3.63, 3.8) is 0 Å². The maximum Gasteiger partial charge on any atom is 0.0719 e. The van der Waals surface area contributed by atoms with E-state index in [1.165, 1.54) is 24.9 Å². The van der Waals surface area contributed by atoms with Gasteiger partial charge in [0.2, 0.25) is 0 Å². The van der Waals surface area contributed by atoms with Gasteiger partial charge in [0.1, 0.15) is 0 Å². The third-order valence-electron chi connectivity index (χ3n) is 3.77. The summed E-state index contributed by atoms with van der Waals surface area (Å²) < 4.78 is 0. The number of likely N-dealkylation sites (tertiary alicyclic amines) is 1. The zero-order valence-corrected chi connectivity index (χ0v) is 12.6. The zero-order chi connectivity index (χ0) is 12.1. The molecule has 0 bridgehead atoms. The van der Waals surface area contributed by atoms with E-state index < -0.39 is 0 Å². The van der Waals surface area contributed by atoms with E-state index in [9.17, 15) is 0 Å². The molecule has 0 aliphatic carbocycles. The summed E-state index contributed by atoms with van der Waals surface area (Å²) in [5.41, 5.74) is 1.29. The number of alkyl halides is 1. The van der Waals surface area contributed by atoms with Crippen molar-refractivity contribution >= 4 is 24.0 Å². The van der Waals surface area contributed by atoms with Gasteiger partial charge >= 0.3 is 0 Å². The highest BCUT2D eigenvalue weighted by atomic mass is 35.5. The molecule has 0 unspecified atom stereocenters. The van der Waals surface area contributed by atoms with Crippen LogP contribution < -0.4 is 0 Å². The molecule has 0 radical (unpaired) electrons. The number of unbranched alkanes of at least 4 members (excludes halogenated alkanes) is 1. The van der Waals surface area contributed by atoms with Gasteiger partial charge < -0.3 is 4.90 Å². The first-order chi connectivity index (χ1) is 8.24. The molecule has 0 N–H and O–H groups in total. The van der Waals surface area contributed by atoms with E-state index in [4.69, 9.17) is 11.6 Å². The Kier molecular flexibility index (Phi) is 6.48. The Morgan fingerprint density at radius 2 is 1.78 bits per heavy atom. The number of nitrogens with zero attached hydrogens (tertiary/aromatic N) is 1. The van der Waals surface area contributed by atoms with Gasteiger partial charge in [-0.25, -0.2) is 0 Å². The molecule has 2 rings (SSSR count). The lowest BCUT2D eigenvalue weighted by Crippen LogP contribution is -2.40. The molecule has 1 fully saturated rings. The average molecular weight is 288 g/mol. The monoisotopic (exact) mass is 287 g/mol. The zero-order valence-electron chi connectivity index (χ0n) is 11.1. The van der Waals surface area contributed by atoms with Crippen LogP contribution in [0.1, 0.15) is 38.2 Å². The molecule has 0 aromatic heterocycles. The summed E-state index contributed by atoms with van der Waals surface area (Å²) in [7, 11) is 0. The summed E-state index contributed by atoms with van der Waals surface area (Å²) in [5.74, 6) is 0. The minimum Gasteiger partial charge on any atom is -0.303 e. The van der Waals surface area contributed by atoms with E-state index in [1.807, 2.05) is 0 Å². The van der Waals surface area contributed by atoms with Crippen LogP contribution in [0.25, 0.3) is 0 Å². The van der Waals surface area contributed by atoms with Crippen LogP contribution in [0.2, 0.25) is 0 Å². The minimum absolute atomic E-state index is 0. The van der Waals surface area contributed by atoms with Gasteiger partial charge in [-0.05, 0) is 31.4 Å². The molecule has 1 saturated heterocycles. The molecular weight excluding hydrogens is 265 g/mol. The van der Waals surface area contributed by atoms with Crippen LogP contribution in [0, 0.1) is 0 Å². The van der Waals surface area contributed by atoms with Crippen LogP contribution in [0.5, 0.6) is 0 Å². The highest BCUT2D eigenvalue weighted by Crippen LogP contribution is 2.39. The van der Waals surface area contributed by atoms with E-state index in [0.717, 1.165) is 25.9 Å². The van der Waals surface area contributed by atoms with E-state index in [2.05, 4.69) is 42.2 Å². The number of halogens is 2.